The van der Waals surface area contributed by atoms with Crippen LogP contribution in [0.4, 0.5) is 10.5 Å². The molecule has 1 aliphatic rings. The molecule has 0 saturated carbocycles. The third-order valence-electron chi connectivity index (χ3n) is 2.88. The van der Waals surface area contributed by atoms with Crippen molar-refractivity contribution in [3.63, 3.8) is 0 Å². The molecule has 5 nitrogen and oxygen atoms in total. The maximum Gasteiger partial charge on any atom is 0.319 e. The zero-order chi connectivity index (χ0) is 13.0. The van der Waals surface area contributed by atoms with E-state index >= 15 is 0 Å². The fourth-order valence-corrected chi connectivity index (χ4v) is 1.93. The first-order chi connectivity index (χ1) is 8.63. The van der Waals surface area contributed by atoms with E-state index in [-0.39, 0.29) is 18.0 Å². The van der Waals surface area contributed by atoms with Crippen molar-refractivity contribution in [2.75, 3.05) is 11.9 Å². The Kier molecular flexibility index (Phi) is 3.82. The summed E-state index contributed by atoms with van der Waals surface area (Å²) in [5.41, 5.74) is 1.87. The van der Waals surface area contributed by atoms with Gasteiger partial charge >= 0.3 is 6.03 Å². The summed E-state index contributed by atoms with van der Waals surface area (Å²) < 4.78 is 0. The molecule has 0 radical (unpaired) electrons. The Balaban J connectivity index is 1.83. The third kappa shape index (κ3) is 3.48. The van der Waals surface area contributed by atoms with E-state index in [1.807, 2.05) is 31.2 Å². The molecule has 1 aromatic carbocycles. The first kappa shape index (κ1) is 12.4. The summed E-state index contributed by atoms with van der Waals surface area (Å²) in [6, 6.07) is 7.39. The van der Waals surface area contributed by atoms with Gasteiger partial charge in [-0.15, -0.1) is 0 Å². The summed E-state index contributed by atoms with van der Waals surface area (Å²) in [5, 5.41) is 8.35. The zero-order valence-electron chi connectivity index (χ0n) is 10.3. The van der Waals surface area contributed by atoms with E-state index in [1.165, 1.54) is 0 Å². The molecule has 0 bridgehead atoms. The highest BCUT2D eigenvalue weighted by atomic mass is 16.2. The fraction of sp³-hybridized carbons (Fsp3) is 0.385. The van der Waals surface area contributed by atoms with Gasteiger partial charge in [-0.25, -0.2) is 4.79 Å². The lowest BCUT2D eigenvalue weighted by atomic mass is 10.1. The van der Waals surface area contributed by atoms with E-state index in [2.05, 4.69) is 16.0 Å². The number of aryl methyl sites for hydroxylation is 1. The monoisotopic (exact) mass is 247 g/mol. The molecule has 1 unspecified atom stereocenters. The molecule has 3 amide bonds. The number of nitrogens with one attached hydrogen (secondary N) is 3. The summed E-state index contributed by atoms with van der Waals surface area (Å²) in [6.07, 6.45) is 1.16. The minimum absolute atomic E-state index is 0.00695. The minimum atomic E-state index is -0.234. The van der Waals surface area contributed by atoms with Crippen LogP contribution in [-0.2, 0) is 4.79 Å². The van der Waals surface area contributed by atoms with E-state index in [9.17, 15) is 9.59 Å². The summed E-state index contributed by atoms with van der Waals surface area (Å²) >= 11 is 0. The van der Waals surface area contributed by atoms with Gasteiger partial charge in [0.2, 0.25) is 5.91 Å². The van der Waals surface area contributed by atoms with Gasteiger partial charge in [-0.2, -0.15) is 0 Å². The van der Waals surface area contributed by atoms with Crippen molar-refractivity contribution in [1.82, 2.24) is 10.6 Å². The molecule has 1 fully saturated rings. The lowest BCUT2D eigenvalue weighted by Gasteiger charge is -2.23. The third-order valence-corrected chi connectivity index (χ3v) is 2.88. The lowest BCUT2D eigenvalue weighted by Crippen LogP contribution is -2.48. The molecule has 96 valence electrons. The maximum atomic E-state index is 11.7. The second-order valence-electron chi connectivity index (χ2n) is 4.51. The largest absolute Gasteiger partial charge is 0.354 e. The smallest absolute Gasteiger partial charge is 0.319 e. The van der Waals surface area contributed by atoms with Crippen molar-refractivity contribution in [3.8, 4) is 0 Å². The van der Waals surface area contributed by atoms with Gasteiger partial charge in [-0.1, -0.05) is 12.1 Å². The average Bonchev–Trinajstić information content (AvgIpc) is 2.32. The Morgan fingerprint density at radius 3 is 2.94 bits per heavy atom. The van der Waals surface area contributed by atoms with Crippen molar-refractivity contribution in [3.05, 3.63) is 29.8 Å². The van der Waals surface area contributed by atoms with Crippen LogP contribution in [-0.4, -0.2) is 24.5 Å². The summed E-state index contributed by atoms with van der Waals surface area (Å²) in [5.74, 6) is 0.0483. The van der Waals surface area contributed by atoms with Crippen molar-refractivity contribution >= 4 is 17.6 Å². The first-order valence-electron chi connectivity index (χ1n) is 6.04. The van der Waals surface area contributed by atoms with E-state index in [1.54, 1.807) is 0 Å². The van der Waals surface area contributed by atoms with Gasteiger partial charge in [0.25, 0.3) is 0 Å². The second-order valence-corrected chi connectivity index (χ2v) is 4.51. The Morgan fingerprint density at radius 2 is 2.28 bits per heavy atom. The molecule has 1 atom stereocenters. The molecule has 1 heterocycles. The number of benzene rings is 1. The maximum absolute atomic E-state index is 11.7. The number of urea groups is 1. The molecule has 3 N–H and O–H groups in total. The van der Waals surface area contributed by atoms with Crippen LogP contribution in [0.15, 0.2) is 24.3 Å². The fourth-order valence-electron chi connectivity index (χ4n) is 1.93. The van der Waals surface area contributed by atoms with Crippen LogP contribution >= 0.6 is 0 Å². The number of carbonyl (C=O) groups is 2. The SMILES string of the molecule is Cc1cccc(NC(=O)NC2CCC(=O)NC2)c1. The molecule has 18 heavy (non-hydrogen) atoms. The summed E-state index contributed by atoms with van der Waals surface area (Å²) in [4.78, 5) is 22.7. The standard InChI is InChI=1S/C13H17N3O2/c1-9-3-2-4-10(7-9)15-13(18)16-11-5-6-12(17)14-8-11/h2-4,7,11H,5-6,8H2,1H3,(H,14,17)(H2,15,16,18). The van der Waals surface area contributed by atoms with Crippen LogP contribution in [0, 0.1) is 6.92 Å². The Bertz CT molecular complexity index is 449. The predicted octanol–water partition coefficient (Wildman–Crippen LogP) is 1.40. The topological polar surface area (TPSA) is 70.2 Å². The molecular formula is C13H17N3O2. The Hall–Kier alpha value is -2.04. The van der Waals surface area contributed by atoms with Crippen molar-refractivity contribution in [2.45, 2.75) is 25.8 Å². The van der Waals surface area contributed by atoms with Gasteiger partial charge in [-0.3, -0.25) is 4.79 Å². The van der Waals surface area contributed by atoms with Gasteiger partial charge in [-0.05, 0) is 31.0 Å². The van der Waals surface area contributed by atoms with Crippen LogP contribution in [0.25, 0.3) is 0 Å². The molecule has 1 saturated heterocycles. The second kappa shape index (κ2) is 5.53. The minimum Gasteiger partial charge on any atom is -0.354 e. The van der Waals surface area contributed by atoms with Crippen LogP contribution < -0.4 is 16.0 Å². The molecule has 5 heteroatoms. The van der Waals surface area contributed by atoms with Gasteiger partial charge in [0.15, 0.2) is 0 Å². The molecule has 2 rings (SSSR count). The normalized spacial score (nSPS) is 18.9. The van der Waals surface area contributed by atoms with Gasteiger partial charge in [0.1, 0.15) is 0 Å². The highest BCUT2D eigenvalue weighted by molar-refractivity contribution is 5.89. The van der Waals surface area contributed by atoms with Crippen molar-refractivity contribution in [1.29, 1.82) is 0 Å². The lowest BCUT2D eigenvalue weighted by molar-refractivity contribution is -0.122. The van der Waals surface area contributed by atoms with E-state index in [0.717, 1.165) is 11.3 Å². The number of rotatable bonds is 2. The van der Waals surface area contributed by atoms with Gasteiger partial charge < -0.3 is 16.0 Å². The molecule has 0 aromatic heterocycles. The van der Waals surface area contributed by atoms with Crippen LogP contribution in [0.3, 0.4) is 0 Å². The van der Waals surface area contributed by atoms with Crippen LogP contribution in [0.2, 0.25) is 0 Å². The average molecular weight is 247 g/mol. The summed E-state index contributed by atoms with van der Waals surface area (Å²) in [6.45, 7) is 2.47. The number of piperidine rings is 1. The Labute approximate surface area is 106 Å². The van der Waals surface area contributed by atoms with E-state index in [0.29, 0.717) is 19.4 Å². The van der Waals surface area contributed by atoms with Crippen LogP contribution in [0.5, 0.6) is 0 Å². The Morgan fingerprint density at radius 1 is 1.44 bits per heavy atom. The molecule has 0 aliphatic carbocycles. The highest BCUT2D eigenvalue weighted by Gasteiger charge is 2.19. The summed E-state index contributed by atoms with van der Waals surface area (Å²) in [7, 11) is 0. The number of amides is 3. The number of hydrogen-bond acceptors (Lipinski definition) is 2. The molecular weight excluding hydrogens is 230 g/mol. The van der Waals surface area contributed by atoms with Crippen molar-refractivity contribution in [2.24, 2.45) is 0 Å². The zero-order valence-corrected chi connectivity index (χ0v) is 10.3. The highest BCUT2D eigenvalue weighted by Crippen LogP contribution is 2.09. The van der Waals surface area contributed by atoms with E-state index < -0.39 is 0 Å². The quantitative estimate of drug-likeness (QED) is 0.739. The number of anilines is 1. The van der Waals surface area contributed by atoms with Crippen LogP contribution in [0.1, 0.15) is 18.4 Å². The molecule has 0 spiro atoms. The molecule has 1 aliphatic heterocycles. The number of hydrogen-bond donors (Lipinski definition) is 3. The van der Waals surface area contributed by atoms with E-state index in [4.69, 9.17) is 0 Å². The van der Waals surface area contributed by atoms with Gasteiger partial charge in [0, 0.05) is 24.7 Å². The molecule has 1 aromatic rings. The first-order valence-corrected chi connectivity index (χ1v) is 6.04. The van der Waals surface area contributed by atoms with Crippen molar-refractivity contribution < 1.29 is 9.59 Å². The van der Waals surface area contributed by atoms with Gasteiger partial charge in [0.05, 0.1) is 0 Å². The number of carbonyl (C=O) groups excluding carboxylic acids is 2. The predicted molar refractivity (Wildman–Crippen MR) is 69.4 cm³/mol.